The largest absolute Gasteiger partial charge is 0.490 e. The molecule has 2 N–H and O–H groups in total. The van der Waals surface area contributed by atoms with E-state index in [1.54, 1.807) is 0 Å². The molecule has 7 nitrogen and oxygen atoms in total. The first kappa shape index (κ1) is 28.3. The molecular weight excluding hydrogens is 519 g/mol. The molecule has 8 heteroatoms. The summed E-state index contributed by atoms with van der Waals surface area (Å²) in [6.45, 7) is 12.4. The number of carbonyl (C=O) groups excluding carboxylic acids is 1. The molecule has 0 bridgehead atoms. The summed E-state index contributed by atoms with van der Waals surface area (Å²) >= 11 is 0. The highest BCUT2D eigenvalue weighted by molar-refractivity contribution is 14.0. The summed E-state index contributed by atoms with van der Waals surface area (Å²) in [5.41, 5.74) is 1.10. The van der Waals surface area contributed by atoms with Gasteiger partial charge in [0.15, 0.2) is 17.5 Å². The molecule has 2 rings (SSSR count). The molecule has 0 aromatic heterocycles. The number of ether oxygens (including phenoxy) is 2. The van der Waals surface area contributed by atoms with Crippen LogP contribution in [0.3, 0.4) is 0 Å². The molecule has 0 saturated carbocycles. The summed E-state index contributed by atoms with van der Waals surface area (Å²) in [6, 6.07) is 6.10. The molecule has 1 atom stereocenters. The molecule has 1 saturated heterocycles. The molecule has 1 aromatic rings. The maximum Gasteiger partial charge on any atom is 0.222 e. The number of carbonyl (C=O) groups is 1. The minimum atomic E-state index is 0. The van der Waals surface area contributed by atoms with Gasteiger partial charge >= 0.3 is 0 Å². The molecular formula is C24H41IN4O3. The average molecular weight is 561 g/mol. The van der Waals surface area contributed by atoms with Crippen LogP contribution in [-0.2, 0) is 4.79 Å². The normalized spacial score (nSPS) is 15.4. The van der Waals surface area contributed by atoms with Crippen molar-refractivity contribution in [1.29, 1.82) is 0 Å². The molecule has 0 aliphatic carbocycles. The van der Waals surface area contributed by atoms with E-state index < -0.39 is 0 Å². The van der Waals surface area contributed by atoms with E-state index in [-0.39, 0.29) is 30.0 Å². The van der Waals surface area contributed by atoms with Gasteiger partial charge in [-0.1, -0.05) is 12.5 Å². The van der Waals surface area contributed by atoms with Gasteiger partial charge in [0.1, 0.15) is 0 Å². The number of benzene rings is 1. The lowest BCUT2D eigenvalue weighted by molar-refractivity contribution is -0.130. The van der Waals surface area contributed by atoms with Gasteiger partial charge in [-0.05, 0) is 64.7 Å². The Kier molecular flexibility index (Phi) is 14.2. The standard InChI is InChI=1S/C24H40N4O3.HI/c1-5-25-24(26-15-11-17-28-16-10-8-9-12-23(28)29)27-19(4)20-13-14-21(30-6-2)22(18-20)31-7-3;/h13-14,18-19H,5-12,15-17H2,1-4H3,(H2,25,26,27);1H. The molecule has 1 amide bonds. The lowest BCUT2D eigenvalue weighted by Crippen LogP contribution is -2.39. The number of nitrogens with one attached hydrogen (secondary N) is 2. The summed E-state index contributed by atoms with van der Waals surface area (Å²) in [6.07, 6.45) is 4.85. The molecule has 1 aliphatic rings. The first-order chi connectivity index (χ1) is 15.1. The minimum Gasteiger partial charge on any atom is -0.490 e. The van der Waals surface area contributed by atoms with Crippen molar-refractivity contribution in [1.82, 2.24) is 15.5 Å². The molecule has 32 heavy (non-hydrogen) atoms. The zero-order chi connectivity index (χ0) is 22.5. The maximum atomic E-state index is 12.1. The molecule has 1 unspecified atom stereocenters. The first-order valence-corrected chi connectivity index (χ1v) is 11.8. The van der Waals surface area contributed by atoms with Crippen LogP contribution in [0.5, 0.6) is 11.5 Å². The van der Waals surface area contributed by atoms with Crippen molar-refractivity contribution in [2.24, 2.45) is 4.99 Å². The van der Waals surface area contributed by atoms with Gasteiger partial charge in [0, 0.05) is 32.6 Å². The van der Waals surface area contributed by atoms with Crippen LogP contribution in [0.1, 0.15) is 71.4 Å². The second-order valence-corrected chi connectivity index (χ2v) is 7.74. The predicted octanol–water partition coefficient (Wildman–Crippen LogP) is 4.51. The van der Waals surface area contributed by atoms with Crippen molar-refractivity contribution < 1.29 is 14.3 Å². The van der Waals surface area contributed by atoms with Crippen molar-refractivity contribution >= 4 is 35.8 Å². The number of likely N-dealkylation sites (tertiary alicyclic amines) is 1. The lowest BCUT2D eigenvalue weighted by atomic mass is 10.1. The van der Waals surface area contributed by atoms with Crippen LogP contribution in [-0.4, -0.2) is 56.2 Å². The van der Waals surface area contributed by atoms with Crippen molar-refractivity contribution in [3.05, 3.63) is 23.8 Å². The van der Waals surface area contributed by atoms with Crippen LogP contribution >= 0.6 is 24.0 Å². The number of halogens is 1. The van der Waals surface area contributed by atoms with Crippen LogP contribution in [0.15, 0.2) is 23.2 Å². The third-order valence-corrected chi connectivity index (χ3v) is 5.29. The van der Waals surface area contributed by atoms with Crippen LogP contribution in [0.4, 0.5) is 0 Å². The van der Waals surface area contributed by atoms with Crippen molar-refractivity contribution in [2.75, 3.05) is 39.4 Å². The molecule has 182 valence electrons. The third-order valence-electron chi connectivity index (χ3n) is 5.29. The SMILES string of the molecule is CCNC(=NCCCN1CCCCCC1=O)NC(C)c1ccc(OCC)c(OCC)c1.I. The Morgan fingerprint density at radius 2 is 1.88 bits per heavy atom. The Morgan fingerprint density at radius 3 is 2.59 bits per heavy atom. The van der Waals surface area contributed by atoms with E-state index in [0.717, 1.165) is 68.3 Å². The van der Waals surface area contributed by atoms with Gasteiger partial charge in [-0.25, -0.2) is 0 Å². The highest BCUT2D eigenvalue weighted by Crippen LogP contribution is 2.30. The lowest BCUT2D eigenvalue weighted by Gasteiger charge is -2.21. The van der Waals surface area contributed by atoms with E-state index in [1.165, 1.54) is 0 Å². The van der Waals surface area contributed by atoms with Crippen molar-refractivity contribution in [2.45, 2.75) is 65.8 Å². The van der Waals surface area contributed by atoms with Crippen LogP contribution in [0.25, 0.3) is 0 Å². The van der Waals surface area contributed by atoms with Crippen LogP contribution in [0.2, 0.25) is 0 Å². The number of aliphatic imine (C=N–C) groups is 1. The van der Waals surface area contributed by atoms with Gasteiger partial charge in [-0.3, -0.25) is 9.79 Å². The van der Waals surface area contributed by atoms with E-state index in [2.05, 4.69) is 30.5 Å². The fourth-order valence-electron chi connectivity index (χ4n) is 3.67. The van der Waals surface area contributed by atoms with Gasteiger partial charge < -0.3 is 25.0 Å². The van der Waals surface area contributed by atoms with Gasteiger partial charge in [0.2, 0.25) is 5.91 Å². The third kappa shape index (κ3) is 9.42. The fraction of sp³-hybridized carbons (Fsp3) is 0.667. The number of hydrogen-bond donors (Lipinski definition) is 2. The number of nitrogens with zero attached hydrogens (tertiary/aromatic N) is 2. The molecule has 1 fully saturated rings. The smallest absolute Gasteiger partial charge is 0.222 e. The van der Waals surface area contributed by atoms with Gasteiger partial charge in [0.05, 0.1) is 19.3 Å². The Balaban J connectivity index is 0.00000512. The molecule has 0 spiro atoms. The van der Waals surface area contributed by atoms with Crippen LogP contribution < -0.4 is 20.1 Å². The van der Waals surface area contributed by atoms with E-state index >= 15 is 0 Å². The van der Waals surface area contributed by atoms with Crippen molar-refractivity contribution in [3.63, 3.8) is 0 Å². The molecule has 0 radical (unpaired) electrons. The van der Waals surface area contributed by atoms with E-state index in [1.807, 2.05) is 30.9 Å². The van der Waals surface area contributed by atoms with Gasteiger partial charge in [0.25, 0.3) is 0 Å². The molecule has 1 heterocycles. The first-order valence-electron chi connectivity index (χ1n) is 11.8. The quantitative estimate of drug-likeness (QED) is 0.180. The van der Waals surface area contributed by atoms with Crippen LogP contribution in [0, 0.1) is 0 Å². The Hall–Kier alpha value is -1.71. The van der Waals surface area contributed by atoms with E-state index in [0.29, 0.717) is 32.1 Å². The fourth-order valence-corrected chi connectivity index (χ4v) is 3.67. The summed E-state index contributed by atoms with van der Waals surface area (Å²) in [5, 5.41) is 6.79. The number of guanidine groups is 1. The Bertz CT molecular complexity index is 714. The van der Waals surface area contributed by atoms with E-state index in [4.69, 9.17) is 14.5 Å². The zero-order valence-corrected chi connectivity index (χ0v) is 22.4. The molecule has 1 aliphatic heterocycles. The maximum absolute atomic E-state index is 12.1. The summed E-state index contributed by atoms with van der Waals surface area (Å²) < 4.78 is 11.4. The highest BCUT2D eigenvalue weighted by Gasteiger charge is 2.16. The zero-order valence-electron chi connectivity index (χ0n) is 20.1. The van der Waals surface area contributed by atoms with E-state index in [9.17, 15) is 4.79 Å². The number of amides is 1. The summed E-state index contributed by atoms with van der Waals surface area (Å²) in [4.78, 5) is 18.9. The topological polar surface area (TPSA) is 75.2 Å². The number of hydrogen-bond acceptors (Lipinski definition) is 4. The highest BCUT2D eigenvalue weighted by atomic mass is 127. The minimum absolute atomic E-state index is 0. The predicted molar refractivity (Wildman–Crippen MR) is 141 cm³/mol. The second kappa shape index (κ2) is 16.0. The summed E-state index contributed by atoms with van der Waals surface area (Å²) in [5.74, 6) is 2.60. The van der Waals surface area contributed by atoms with Gasteiger partial charge in [-0.15, -0.1) is 24.0 Å². The Labute approximate surface area is 210 Å². The van der Waals surface area contributed by atoms with Gasteiger partial charge in [-0.2, -0.15) is 0 Å². The second-order valence-electron chi connectivity index (χ2n) is 7.74. The number of rotatable bonds is 11. The average Bonchev–Trinajstić information content (AvgIpc) is 2.96. The monoisotopic (exact) mass is 560 g/mol. The molecule has 1 aromatic carbocycles. The summed E-state index contributed by atoms with van der Waals surface area (Å²) in [7, 11) is 0. The Morgan fingerprint density at radius 1 is 1.12 bits per heavy atom. The van der Waals surface area contributed by atoms with Crippen molar-refractivity contribution in [3.8, 4) is 11.5 Å².